The van der Waals surface area contributed by atoms with E-state index in [1.165, 1.54) is 11.1 Å². The third kappa shape index (κ3) is 6.11. The van der Waals surface area contributed by atoms with Crippen LogP contribution in [0.5, 0.6) is 5.75 Å². The molecule has 0 bridgehead atoms. The fourth-order valence-corrected chi connectivity index (χ4v) is 10.8. The monoisotopic (exact) mass is 712 g/mol. The van der Waals surface area contributed by atoms with E-state index >= 15 is 0 Å². The van der Waals surface area contributed by atoms with Gasteiger partial charge >= 0.3 is 0 Å². The van der Waals surface area contributed by atoms with Crippen molar-refractivity contribution in [1.29, 1.82) is 0 Å². The van der Waals surface area contributed by atoms with Crippen molar-refractivity contribution in [3.8, 4) is 5.75 Å². The van der Waals surface area contributed by atoms with E-state index in [2.05, 4.69) is 52.3 Å². The molecule has 0 spiro atoms. The van der Waals surface area contributed by atoms with E-state index in [1.807, 2.05) is 36.4 Å². The molecule has 9 rings (SSSR count). The van der Waals surface area contributed by atoms with Crippen molar-refractivity contribution >= 4 is 23.6 Å². The number of carbonyl (C=O) groups excluding carboxylic acids is 4. The van der Waals surface area contributed by atoms with Crippen LogP contribution in [0.25, 0.3) is 0 Å². The molecule has 0 radical (unpaired) electrons. The number of benzene rings is 3. The summed E-state index contributed by atoms with van der Waals surface area (Å²) in [5, 5.41) is 10.2. The summed E-state index contributed by atoms with van der Waals surface area (Å²) in [6, 6.07) is 27.5. The van der Waals surface area contributed by atoms with Crippen molar-refractivity contribution < 1.29 is 24.3 Å². The van der Waals surface area contributed by atoms with Gasteiger partial charge in [0.15, 0.2) is 0 Å². The van der Waals surface area contributed by atoms with E-state index in [0.717, 1.165) is 76.1 Å². The summed E-state index contributed by atoms with van der Waals surface area (Å²) in [5.41, 5.74) is 4.39. The summed E-state index contributed by atoms with van der Waals surface area (Å²) in [7, 11) is 0. The molecule has 1 saturated carbocycles. The van der Waals surface area contributed by atoms with Gasteiger partial charge in [0.25, 0.3) is 0 Å². The van der Waals surface area contributed by atoms with Crippen LogP contribution >= 0.6 is 0 Å². The number of amides is 4. The van der Waals surface area contributed by atoms with Crippen LogP contribution in [0.3, 0.4) is 0 Å². The Hall–Kier alpha value is -4.60. The zero-order valence-electron chi connectivity index (χ0n) is 30.1. The first-order chi connectivity index (χ1) is 25.9. The van der Waals surface area contributed by atoms with Crippen molar-refractivity contribution in [3.63, 3.8) is 0 Å². The second-order valence-corrected chi connectivity index (χ2v) is 16.2. The van der Waals surface area contributed by atoms with Crippen molar-refractivity contribution in [3.05, 3.63) is 113 Å². The van der Waals surface area contributed by atoms with Crippen molar-refractivity contribution in [1.82, 2.24) is 19.6 Å². The van der Waals surface area contributed by atoms with Crippen LogP contribution in [0.15, 0.2) is 96.6 Å². The Balaban J connectivity index is 0.952. The van der Waals surface area contributed by atoms with Crippen LogP contribution < -0.4 is 0 Å². The lowest BCUT2D eigenvalue weighted by atomic mass is 9.57. The number of hydrogen-bond donors (Lipinski definition) is 1. The van der Waals surface area contributed by atoms with Gasteiger partial charge in [0.05, 0.1) is 23.7 Å². The van der Waals surface area contributed by atoms with Crippen LogP contribution in [0.2, 0.25) is 0 Å². The maximum atomic E-state index is 14.6. The quantitative estimate of drug-likeness (QED) is 0.260. The predicted molar refractivity (Wildman–Crippen MR) is 199 cm³/mol. The van der Waals surface area contributed by atoms with Gasteiger partial charge in [-0.25, -0.2) is 0 Å². The van der Waals surface area contributed by atoms with Crippen LogP contribution in [0.4, 0.5) is 0 Å². The first kappa shape index (κ1) is 34.2. The molecule has 4 aliphatic heterocycles. The smallest absolute Gasteiger partial charge is 0.234 e. The topological polar surface area (TPSA) is 101 Å². The molecule has 1 N–H and O–H groups in total. The number of carbonyl (C=O) groups is 4. The molecule has 9 heteroatoms. The zero-order chi connectivity index (χ0) is 36.2. The Morgan fingerprint density at radius 2 is 1.04 bits per heavy atom. The molecule has 0 aromatic heterocycles. The highest BCUT2D eigenvalue weighted by molar-refractivity contribution is 6.08. The Kier molecular flexibility index (Phi) is 9.03. The van der Waals surface area contributed by atoms with E-state index in [9.17, 15) is 24.3 Å². The fraction of sp³-hybridized carbons (Fsp3) is 0.455. The number of piperidine rings is 2. The molecule has 6 aliphatic rings. The van der Waals surface area contributed by atoms with E-state index in [-0.39, 0.29) is 47.4 Å². The van der Waals surface area contributed by atoms with Crippen LogP contribution in [-0.4, -0.2) is 86.6 Å². The van der Waals surface area contributed by atoms with Gasteiger partial charge in [-0.05, 0) is 73.3 Å². The maximum absolute atomic E-state index is 14.6. The van der Waals surface area contributed by atoms with Gasteiger partial charge in [-0.1, -0.05) is 84.4 Å². The van der Waals surface area contributed by atoms with Crippen LogP contribution in [0, 0.1) is 29.6 Å². The molecule has 3 aromatic carbocycles. The van der Waals surface area contributed by atoms with Crippen molar-refractivity contribution in [2.75, 3.05) is 26.2 Å². The lowest BCUT2D eigenvalue weighted by molar-refractivity contribution is -0.146. The zero-order valence-corrected chi connectivity index (χ0v) is 30.1. The number of allylic oxidation sites excluding steroid dienone is 2. The summed E-state index contributed by atoms with van der Waals surface area (Å²) in [4.78, 5) is 65.7. The van der Waals surface area contributed by atoms with Gasteiger partial charge in [0.1, 0.15) is 5.75 Å². The molecule has 9 nitrogen and oxygen atoms in total. The number of nitrogens with zero attached hydrogens (tertiary/aromatic N) is 4. The average molecular weight is 713 g/mol. The van der Waals surface area contributed by atoms with Gasteiger partial charge in [-0.2, -0.15) is 0 Å². The summed E-state index contributed by atoms with van der Waals surface area (Å²) in [5.74, 6) is -3.03. The van der Waals surface area contributed by atoms with E-state index in [0.29, 0.717) is 12.8 Å². The third-order valence-electron chi connectivity index (χ3n) is 13.3. The highest BCUT2D eigenvalue weighted by Crippen LogP contribution is 2.58. The summed E-state index contributed by atoms with van der Waals surface area (Å²) < 4.78 is 0. The molecule has 4 saturated heterocycles. The number of phenols is 1. The summed E-state index contributed by atoms with van der Waals surface area (Å²) >= 11 is 0. The van der Waals surface area contributed by atoms with E-state index in [1.54, 1.807) is 21.9 Å². The molecular formula is C44H48N4O5. The normalized spacial score (nSPS) is 30.0. The Bertz CT molecular complexity index is 1900. The molecule has 0 unspecified atom stereocenters. The molecular weight excluding hydrogens is 665 g/mol. The van der Waals surface area contributed by atoms with Gasteiger partial charge < -0.3 is 5.11 Å². The Morgan fingerprint density at radius 1 is 0.547 bits per heavy atom. The van der Waals surface area contributed by atoms with Crippen LogP contribution in [0.1, 0.15) is 61.1 Å². The van der Waals surface area contributed by atoms with Gasteiger partial charge in [0, 0.05) is 57.3 Å². The summed E-state index contributed by atoms with van der Waals surface area (Å²) in [6.45, 7) is 4.96. The lowest BCUT2D eigenvalue weighted by Gasteiger charge is -2.44. The number of imide groups is 2. The molecule has 5 fully saturated rings. The van der Waals surface area contributed by atoms with Crippen LogP contribution in [-0.2, 0) is 32.3 Å². The second-order valence-electron chi connectivity index (χ2n) is 16.2. The number of hydrogen-bond acceptors (Lipinski definition) is 7. The minimum Gasteiger partial charge on any atom is -0.508 e. The molecule has 4 heterocycles. The minimum absolute atomic E-state index is 0.0715. The van der Waals surface area contributed by atoms with Crippen molar-refractivity contribution in [2.45, 2.75) is 69.6 Å². The lowest BCUT2D eigenvalue weighted by Crippen LogP contribution is -2.48. The number of aromatic hydroxyl groups is 1. The molecule has 2 aliphatic carbocycles. The first-order valence-corrected chi connectivity index (χ1v) is 19.6. The SMILES string of the molecule is O=C1[C@H]2[C@H](CC=C3[C@H]2C[C@H]2C(=O)N(C4CCN(Cc5ccccc5)CC4)C(=O)[C@H]2[C@H]3c2ccc(O)cc2)C(=O)N1C1CCN(Cc2ccccc2)CC1. The summed E-state index contributed by atoms with van der Waals surface area (Å²) in [6.07, 6.45) is 5.96. The largest absolute Gasteiger partial charge is 0.508 e. The van der Waals surface area contributed by atoms with Gasteiger partial charge in [0.2, 0.25) is 23.6 Å². The maximum Gasteiger partial charge on any atom is 0.234 e. The minimum atomic E-state index is -0.564. The Morgan fingerprint density at radius 3 is 1.57 bits per heavy atom. The number of likely N-dealkylation sites (tertiary alicyclic amines) is 4. The standard InChI is InChI=1S/C44H48N4O5/c49-33-13-11-30(12-14-33)38-34-15-16-35-39(43(52)47(41(35)50)31-17-21-45(22-18-31)26-28-7-3-1-4-8-28)36(34)25-37-40(38)44(53)48(42(37)51)32-19-23-46(24-20-32)27-29-9-5-2-6-10-29/h1-15,31-32,35-40,49H,16-27H2/t35-,36+,37+,38-,39-,40+/m0/s1. The predicted octanol–water partition coefficient (Wildman–Crippen LogP) is 5.36. The van der Waals surface area contributed by atoms with E-state index in [4.69, 9.17) is 0 Å². The third-order valence-corrected chi connectivity index (χ3v) is 13.3. The Labute approximate surface area is 311 Å². The fourth-order valence-electron chi connectivity index (χ4n) is 10.8. The molecule has 3 aromatic rings. The van der Waals surface area contributed by atoms with Crippen molar-refractivity contribution in [2.24, 2.45) is 29.6 Å². The molecule has 4 amide bonds. The number of rotatable bonds is 7. The van der Waals surface area contributed by atoms with Gasteiger partial charge in [-0.3, -0.25) is 38.8 Å². The number of phenolic OH excluding ortho intramolecular Hbond substituents is 1. The highest BCUT2D eigenvalue weighted by Gasteiger charge is 2.63. The molecule has 274 valence electrons. The molecule has 6 atom stereocenters. The number of fused-ring (bicyclic) bond motifs is 4. The highest BCUT2D eigenvalue weighted by atomic mass is 16.3. The second kappa shape index (κ2) is 14.0. The van der Waals surface area contributed by atoms with E-state index < -0.39 is 29.6 Å². The first-order valence-electron chi connectivity index (χ1n) is 19.6. The molecule has 53 heavy (non-hydrogen) atoms. The van der Waals surface area contributed by atoms with Gasteiger partial charge in [-0.15, -0.1) is 0 Å². The average Bonchev–Trinajstić information content (AvgIpc) is 3.59.